The smallest absolute Gasteiger partial charge is 0.0621 e. The van der Waals surface area contributed by atoms with Crippen LogP contribution in [0.5, 0.6) is 0 Å². The van der Waals surface area contributed by atoms with Crippen molar-refractivity contribution in [2.24, 2.45) is 5.92 Å². The number of methoxy groups -OCH3 is 1. The molecule has 15 heavy (non-hydrogen) atoms. The first-order valence-electron chi connectivity index (χ1n) is 5.81. The van der Waals surface area contributed by atoms with Crippen LogP contribution in [0.3, 0.4) is 0 Å². The maximum absolute atomic E-state index is 8.39. The van der Waals surface area contributed by atoms with Crippen LogP contribution in [0.4, 0.5) is 0 Å². The van der Waals surface area contributed by atoms with Gasteiger partial charge in [0.1, 0.15) is 0 Å². The molecule has 0 bridgehead atoms. The van der Waals surface area contributed by atoms with E-state index in [-0.39, 0.29) is 0 Å². The fourth-order valence-electron chi connectivity index (χ4n) is 1.53. The molecule has 1 unspecified atom stereocenters. The minimum Gasteiger partial charge on any atom is -0.385 e. The number of nitriles is 1. The van der Waals surface area contributed by atoms with Crippen molar-refractivity contribution in [3.05, 3.63) is 0 Å². The van der Waals surface area contributed by atoms with E-state index in [4.69, 9.17) is 10.00 Å². The van der Waals surface area contributed by atoms with Crippen LogP contribution >= 0.6 is 0 Å². The van der Waals surface area contributed by atoms with E-state index < -0.39 is 0 Å². The maximum Gasteiger partial charge on any atom is 0.0621 e. The van der Waals surface area contributed by atoms with E-state index in [1.54, 1.807) is 7.11 Å². The van der Waals surface area contributed by atoms with Crippen molar-refractivity contribution in [3.63, 3.8) is 0 Å². The normalized spacial score (nSPS) is 12.7. The van der Waals surface area contributed by atoms with Gasteiger partial charge in [-0.1, -0.05) is 13.8 Å². The molecule has 0 spiro atoms. The van der Waals surface area contributed by atoms with Crippen LogP contribution in [0.15, 0.2) is 0 Å². The van der Waals surface area contributed by atoms with Gasteiger partial charge in [0.05, 0.1) is 6.07 Å². The summed E-state index contributed by atoms with van der Waals surface area (Å²) in [5, 5.41) is 11.9. The Morgan fingerprint density at radius 1 is 1.33 bits per heavy atom. The van der Waals surface area contributed by atoms with E-state index >= 15 is 0 Å². The van der Waals surface area contributed by atoms with Crippen LogP contribution in [0.2, 0.25) is 0 Å². The molecule has 0 radical (unpaired) electrons. The third-order valence-electron chi connectivity index (χ3n) is 2.56. The highest BCUT2D eigenvalue weighted by Gasteiger charge is 2.11. The van der Waals surface area contributed by atoms with Gasteiger partial charge in [0.2, 0.25) is 0 Å². The summed E-state index contributed by atoms with van der Waals surface area (Å²) < 4.78 is 5.08. The summed E-state index contributed by atoms with van der Waals surface area (Å²) in [6, 6.07) is 2.70. The molecular formula is C12H24N2O. The fourth-order valence-corrected chi connectivity index (χ4v) is 1.53. The molecule has 0 aliphatic heterocycles. The Morgan fingerprint density at radius 2 is 2.07 bits per heavy atom. The minimum atomic E-state index is 0.534. The van der Waals surface area contributed by atoms with Crippen molar-refractivity contribution >= 4 is 0 Å². The fraction of sp³-hybridized carbons (Fsp3) is 0.917. The number of unbranched alkanes of at least 4 members (excludes halogenated alkanes) is 2. The lowest BCUT2D eigenvalue weighted by Crippen LogP contribution is -2.35. The molecule has 0 aliphatic carbocycles. The topological polar surface area (TPSA) is 45.0 Å². The van der Waals surface area contributed by atoms with Gasteiger partial charge in [0.15, 0.2) is 0 Å². The third kappa shape index (κ3) is 8.41. The zero-order chi connectivity index (χ0) is 11.5. The molecular weight excluding hydrogens is 188 g/mol. The van der Waals surface area contributed by atoms with Gasteiger partial charge in [0, 0.05) is 26.2 Å². The average molecular weight is 212 g/mol. The summed E-state index contributed by atoms with van der Waals surface area (Å²) in [5.41, 5.74) is 0. The minimum absolute atomic E-state index is 0.534. The number of hydrogen-bond donors (Lipinski definition) is 1. The van der Waals surface area contributed by atoms with Gasteiger partial charge in [-0.3, -0.25) is 0 Å². The van der Waals surface area contributed by atoms with Gasteiger partial charge >= 0.3 is 0 Å². The molecule has 3 nitrogen and oxygen atoms in total. The highest BCUT2D eigenvalue weighted by atomic mass is 16.5. The largest absolute Gasteiger partial charge is 0.385 e. The maximum atomic E-state index is 8.39. The van der Waals surface area contributed by atoms with Crippen LogP contribution in [-0.4, -0.2) is 26.3 Å². The average Bonchev–Trinajstić information content (AvgIpc) is 2.21. The number of nitrogens with one attached hydrogen (secondary N) is 1. The molecule has 0 saturated carbocycles. The summed E-state index contributed by atoms with van der Waals surface area (Å²) in [7, 11) is 1.74. The summed E-state index contributed by atoms with van der Waals surface area (Å²) in [5.74, 6) is 0.635. The Balaban J connectivity index is 3.53. The van der Waals surface area contributed by atoms with Crippen LogP contribution in [-0.2, 0) is 4.74 Å². The van der Waals surface area contributed by atoms with E-state index in [9.17, 15) is 0 Å². The van der Waals surface area contributed by atoms with E-state index in [1.165, 1.54) is 0 Å². The number of rotatable bonds is 9. The zero-order valence-electron chi connectivity index (χ0n) is 10.3. The molecule has 0 fully saturated rings. The molecule has 1 N–H and O–H groups in total. The standard InChI is InChI=1S/C12H24N2O/c1-11(2)12(7-10-15-3)14-9-6-4-5-8-13/h11-12,14H,4-7,9-10H2,1-3H3. The van der Waals surface area contributed by atoms with Crippen LogP contribution in [0.1, 0.15) is 39.5 Å². The molecule has 1 atom stereocenters. The van der Waals surface area contributed by atoms with Crippen LogP contribution in [0, 0.1) is 17.2 Å². The van der Waals surface area contributed by atoms with Gasteiger partial charge in [-0.15, -0.1) is 0 Å². The van der Waals surface area contributed by atoms with Gasteiger partial charge < -0.3 is 10.1 Å². The van der Waals surface area contributed by atoms with Crippen molar-refractivity contribution < 1.29 is 4.74 Å². The van der Waals surface area contributed by atoms with Gasteiger partial charge in [0.25, 0.3) is 0 Å². The second-order valence-electron chi connectivity index (χ2n) is 4.20. The number of ether oxygens (including phenoxy) is 1. The first-order valence-corrected chi connectivity index (χ1v) is 5.81. The Hall–Kier alpha value is -0.590. The van der Waals surface area contributed by atoms with Crippen molar-refractivity contribution in [2.75, 3.05) is 20.3 Å². The lowest BCUT2D eigenvalue weighted by Gasteiger charge is -2.22. The summed E-state index contributed by atoms with van der Waals surface area (Å²) in [6.07, 6.45) is 3.82. The van der Waals surface area contributed by atoms with Crippen LogP contribution in [0.25, 0.3) is 0 Å². The molecule has 88 valence electrons. The lowest BCUT2D eigenvalue weighted by molar-refractivity contribution is 0.173. The number of nitrogens with zero attached hydrogens (tertiary/aromatic N) is 1. The first-order chi connectivity index (χ1) is 7.22. The van der Waals surface area contributed by atoms with Crippen molar-refractivity contribution in [1.82, 2.24) is 5.32 Å². The summed E-state index contributed by atoms with van der Waals surface area (Å²) >= 11 is 0. The van der Waals surface area contributed by atoms with E-state index in [2.05, 4.69) is 25.2 Å². The molecule has 3 heteroatoms. The Kier molecular flexibility index (Phi) is 9.55. The predicted octanol–water partition coefficient (Wildman–Crippen LogP) is 2.33. The Morgan fingerprint density at radius 3 is 2.60 bits per heavy atom. The molecule has 0 amide bonds. The molecule has 0 rings (SSSR count). The molecule has 0 aliphatic rings. The second-order valence-corrected chi connectivity index (χ2v) is 4.20. The van der Waals surface area contributed by atoms with E-state index in [1.807, 2.05) is 0 Å². The van der Waals surface area contributed by atoms with Gasteiger partial charge in [-0.2, -0.15) is 5.26 Å². The molecule has 0 aromatic carbocycles. The second kappa shape index (κ2) is 9.95. The van der Waals surface area contributed by atoms with Crippen LogP contribution < -0.4 is 5.32 Å². The number of hydrogen-bond acceptors (Lipinski definition) is 3. The highest BCUT2D eigenvalue weighted by Crippen LogP contribution is 2.06. The summed E-state index contributed by atoms with van der Waals surface area (Å²) in [6.45, 7) is 6.27. The zero-order valence-corrected chi connectivity index (χ0v) is 10.3. The van der Waals surface area contributed by atoms with Gasteiger partial charge in [-0.25, -0.2) is 0 Å². The SMILES string of the molecule is COCCC(NCCCCC#N)C(C)C. The quantitative estimate of drug-likeness (QED) is 0.597. The van der Waals surface area contributed by atoms with E-state index in [0.29, 0.717) is 18.4 Å². The Bertz CT molecular complexity index is 175. The molecule has 0 saturated heterocycles. The van der Waals surface area contributed by atoms with E-state index in [0.717, 1.165) is 32.4 Å². The molecule has 0 heterocycles. The lowest BCUT2D eigenvalue weighted by atomic mass is 10.0. The van der Waals surface area contributed by atoms with Crippen molar-refractivity contribution in [2.45, 2.75) is 45.6 Å². The van der Waals surface area contributed by atoms with Gasteiger partial charge in [-0.05, 0) is 31.7 Å². The Labute approximate surface area is 93.8 Å². The van der Waals surface area contributed by atoms with Crippen molar-refractivity contribution in [3.8, 4) is 6.07 Å². The molecule has 0 aromatic heterocycles. The highest BCUT2D eigenvalue weighted by molar-refractivity contribution is 4.72. The third-order valence-corrected chi connectivity index (χ3v) is 2.56. The summed E-state index contributed by atoms with van der Waals surface area (Å²) in [4.78, 5) is 0. The predicted molar refractivity (Wildman–Crippen MR) is 62.6 cm³/mol. The first kappa shape index (κ1) is 14.4. The monoisotopic (exact) mass is 212 g/mol. The molecule has 0 aromatic rings. The van der Waals surface area contributed by atoms with Crippen molar-refractivity contribution in [1.29, 1.82) is 5.26 Å².